The van der Waals surface area contributed by atoms with Gasteiger partial charge in [0.15, 0.2) is 0 Å². The number of hydrogen-bond acceptors (Lipinski definition) is 2. The zero-order valence-electron chi connectivity index (χ0n) is 11.4. The van der Waals surface area contributed by atoms with Crippen molar-refractivity contribution in [1.29, 1.82) is 0 Å². The third-order valence-corrected chi connectivity index (χ3v) is 5.93. The minimum Gasteiger partial charge on any atom is -0.392 e. The first kappa shape index (κ1) is 14.6. The van der Waals surface area contributed by atoms with E-state index in [0.717, 1.165) is 17.9 Å². The molecule has 0 amide bonds. The molecule has 5 atom stereocenters. The molecular weight excluding hydrogens is 293 g/mol. The van der Waals surface area contributed by atoms with Gasteiger partial charge in [0.05, 0.1) is 6.10 Å². The van der Waals surface area contributed by atoms with Crippen LogP contribution in [0.5, 0.6) is 0 Å². The number of benzene rings is 1. The third kappa shape index (κ3) is 2.48. The largest absolute Gasteiger partial charge is 0.392 e. The molecule has 0 radical (unpaired) electrons. The standard InChI is InChI=1S/C16H21Cl2NO/c17-13-2-1-3-14(18)15(13)12(8-19)16(20)11-7-9-4-5-10(11)6-9/h1-3,9-12,16,20H,4-8,19H2. The van der Waals surface area contributed by atoms with Crippen molar-refractivity contribution in [2.45, 2.75) is 37.7 Å². The van der Waals surface area contributed by atoms with Gasteiger partial charge in [-0.2, -0.15) is 0 Å². The number of aliphatic hydroxyl groups excluding tert-OH is 1. The average Bonchev–Trinajstić information content (AvgIpc) is 3.05. The Morgan fingerprint density at radius 2 is 1.90 bits per heavy atom. The van der Waals surface area contributed by atoms with Gasteiger partial charge in [0.2, 0.25) is 0 Å². The molecule has 2 fully saturated rings. The van der Waals surface area contributed by atoms with Gasteiger partial charge >= 0.3 is 0 Å². The quantitative estimate of drug-likeness (QED) is 0.887. The van der Waals surface area contributed by atoms with Crippen LogP contribution < -0.4 is 5.73 Å². The van der Waals surface area contributed by atoms with Gasteiger partial charge in [-0.1, -0.05) is 35.7 Å². The highest BCUT2D eigenvalue weighted by atomic mass is 35.5. The second-order valence-corrected chi connectivity index (χ2v) is 7.12. The number of hydrogen-bond donors (Lipinski definition) is 2. The van der Waals surface area contributed by atoms with E-state index in [1.165, 1.54) is 19.3 Å². The molecule has 2 aliphatic rings. The third-order valence-electron chi connectivity index (χ3n) is 5.27. The molecule has 110 valence electrons. The number of rotatable bonds is 4. The van der Waals surface area contributed by atoms with Gasteiger partial charge in [0, 0.05) is 22.5 Å². The van der Waals surface area contributed by atoms with E-state index in [0.29, 0.717) is 28.4 Å². The van der Waals surface area contributed by atoms with Crippen LogP contribution in [0.15, 0.2) is 18.2 Å². The highest BCUT2D eigenvalue weighted by Crippen LogP contribution is 2.51. The Labute approximate surface area is 130 Å². The lowest BCUT2D eigenvalue weighted by molar-refractivity contribution is 0.0532. The Morgan fingerprint density at radius 3 is 2.40 bits per heavy atom. The molecule has 0 saturated heterocycles. The summed E-state index contributed by atoms with van der Waals surface area (Å²) in [4.78, 5) is 0. The lowest BCUT2D eigenvalue weighted by atomic mass is 9.77. The zero-order chi connectivity index (χ0) is 14.3. The van der Waals surface area contributed by atoms with Crippen molar-refractivity contribution >= 4 is 23.2 Å². The monoisotopic (exact) mass is 313 g/mol. The maximum atomic E-state index is 10.8. The highest BCUT2D eigenvalue weighted by Gasteiger charge is 2.45. The summed E-state index contributed by atoms with van der Waals surface area (Å²) in [5.41, 5.74) is 6.75. The zero-order valence-corrected chi connectivity index (χ0v) is 12.9. The van der Waals surface area contributed by atoms with Crippen molar-refractivity contribution in [3.05, 3.63) is 33.8 Å². The summed E-state index contributed by atoms with van der Waals surface area (Å²) in [5, 5.41) is 12.0. The summed E-state index contributed by atoms with van der Waals surface area (Å²) in [5.74, 6) is 1.65. The van der Waals surface area contributed by atoms with E-state index in [2.05, 4.69) is 0 Å². The van der Waals surface area contributed by atoms with Crippen LogP contribution in [0, 0.1) is 17.8 Å². The normalized spacial score (nSPS) is 31.5. The summed E-state index contributed by atoms with van der Waals surface area (Å²) in [6.45, 7) is 0.374. The number of halogens is 2. The topological polar surface area (TPSA) is 46.2 Å². The second-order valence-electron chi connectivity index (χ2n) is 6.31. The van der Waals surface area contributed by atoms with E-state index >= 15 is 0 Å². The molecule has 2 saturated carbocycles. The summed E-state index contributed by atoms with van der Waals surface area (Å²) in [6.07, 6.45) is 4.54. The number of fused-ring (bicyclic) bond motifs is 2. The first-order valence-corrected chi connectivity index (χ1v) is 8.19. The smallest absolute Gasteiger partial charge is 0.0652 e. The van der Waals surface area contributed by atoms with Crippen molar-refractivity contribution in [3.63, 3.8) is 0 Å². The Hall–Kier alpha value is -0.280. The Balaban J connectivity index is 1.86. The molecule has 2 nitrogen and oxygen atoms in total. The fraction of sp³-hybridized carbons (Fsp3) is 0.625. The highest BCUT2D eigenvalue weighted by molar-refractivity contribution is 6.36. The van der Waals surface area contributed by atoms with Crippen molar-refractivity contribution < 1.29 is 5.11 Å². The molecule has 3 N–H and O–H groups in total. The van der Waals surface area contributed by atoms with Crippen LogP contribution in [0.25, 0.3) is 0 Å². The SMILES string of the molecule is NCC(c1c(Cl)cccc1Cl)C(O)C1CC2CCC1C2. The van der Waals surface area contributed by atoms with Crippen molar-refractivity contribution in [2.75, 3.05) is 6.54 Å². The van der Waals surface area contributed by atoms with Crippen molar-refractivity contribution in [1.82, 2.24) is 0 Å². The molecule has 3 rings (SSSR count). The maximum absolute atomic E-state index is 10.8. The first-order chi connectivity index (χ1) is 9.61. The van der Waals surface area contributed by atoms with E-state index in [1.807, 2.05) is 18.2 Å². The molecule has 0 spiro atoms. The van der Waals surface area contributed by atoms with E-state index in [4.69, 9.17) is 28.9 Å². The lowest BCUT2D eigenvalue weighted by Gasteiger charge is -2.33. The molecule has 0 aromatic heterocycles. The fourth-order valence-corrected chi connectivity index (χ4v) is 4.98. The van der Waals surface area contributed by atoms with Crippen LogP contribution in [-0.2, 0) is 0 Å². The van der Waals surface area contributed by atoms with E-state index in [-0.39, 0.29) is 5.92 Å². The Kier molecular flexibility index (Phi) is 4.28. The predicted molar refractivity (Wildman–Crippen MR) is 83.2 cm³/mol. The molecule has 0 heterocycles. The average molecular weight is 314 g/mol. The van der Waals surface area contributed by atoms with E-state index in [9.17, 15) is 5.11 Å². The second kappa shape index (κ2) is 5.84. The summed E-state index contributed by atoms with van der Waals surface area (Å²) in [7, 11) is 0. The van der Waals surface area contributed by atoms with Gasteiger partial charge in [0.25, 0.3) is 0 Å². The van der Waals surface area contributed by atoms with Crippen LogP contribution in [0.3, 0.4) is 0 Å². The predicted octanol–water partition coefficient (Wildman–Crippen LogP) is 3.83. The summed E-state index contributed by atoms with van der Waals surface area (Å²) >= 11 is 12.6. The van der Waals surface area contributed by atoms with Crippen molar-refractivity contribution in [2.24, 2.45) is 23.5 Å². The molecule has 1 aromatic rings. The van der Waals surface area contributed by atoms with Crippen LogP contribution in [-0.4, -0.2) is 17.8 Å². The van der Waals surface area contributed by atoms with Crippen LogP contribution in [0.1, 0.15) is 37.2 Å². The van der Waals surface area contributed by atoms with Gasteiger partial charge in [-0.05, 0) is 54.7 Å². The van der Waals surface area contributed by atoms with Gasteiger partial charge < -0.3 is 10.8 Å². The fourth-order valence-electron chi connectivity index (χ4n) is 4.30. The van der Waals surface area contributed by atoms with Crippen LogP contribution in [0.2, 0.25) is 10.0 Å². The number of nitrogens with two attached hydrogens (primary N) is 1. The molecule has 20 heavy (non-hydrogen) atoms. The molecular formula is C16H21Cl2NO. The lowest BCUT2D eigenvalue weighted by Crippen LogP contribution is -2.35. The molecule has 2 aliphatic carbocycles. The minimum absolute atomic E-state index is 0.166. The number of aliphatic hydroxyl groups is 1. The van der Waals surface area contributed by atoms with E-state index in [1.54, 1.807) is 0 Å². The maximum Gasteiger partial charge on any atom is 0.0652 e. The molecule has 1 aromatic carbocycles. The molecule has 0 aliphatic heterocycles. The van der Waals surface area contributed by atoms with Gasteiger partial charge in [-0.25, -0.2) is 0 Å². The Morgan fingerprint density at radius 1 is 1.20 bits per heavy atom. The van der Waals surface area contributed by atoms with Crippen molar-refractivity contribution in [3.8, 4) is 0 Å². The molecule has 5 unspecified atom stereocenters. The molecule has 4 heteroatoms. The van der Waals surface area contributed by atoms with Gasteiger partial charge in [-0.3, -0.25) is 0 Å². The van der Waals surface area contributed by atoms with E-state index < -0.39 is 6.10 Å². The summed E-state index contributed by atoms with van der Waals surface area (Å²) in [6, 6.07) is 5.46. The van der Waals surface area contributed by atoms with Gasteiger partial charge in [-0.15, -0.1) is 0 Å². The van der Waals surface area contributed by atoms with Crippen LogP contribution in [0.4, 0.5) is 0 Å². The Bertz CT molecular complexity index is 473. The van der Waals surface area contributed by atoms with Gasteiger partial charge in [0.1, 0.15) is 0 Å². The first-order valence-electron chi connectivity index (χ1n) is 7.43. The molecule has 2 bridgehead atoms. The summed E-state index contributed by atoms with van der Waals surface area (Å²) < 4.78 is 0. The van der Waals surface area contributed by atoms with Crippen LogP contribution >= 0.6 is 23.2 Å². The minimum atomic E-state index is -0.437.